The first-order chi connectivity index (χ1) is 23.8. The summed E-state index contributed by atoms with van der Waals surface area (Å²) in [5, 5.41) is 0.552. The average molecular weight is 808 g/mol. The van der Waals surface area contributed by atoms with Crippen LogP contribution in [0, 0.1) is 5.82 Å². The SMILES string of the molecule is CCC[CH2][Sn]([CH2]CCC)([CH2]CCC)[c]1ncc2c(N(C)[C@@H]3C[C@@H](C)N(C(=O)OC(C)(C)C)C3)nc(OC[C@@]34CCCN3C[C@H](F)C4)nc2c1F. The number of likely N-dealkylation sites (tertiary alicyclic amines) is 1. The van der Waals surface area contributed by atoms with Crippen LogP contribution in [-0.4, -0.2) is 112 Å². The number of hydrogen-bond donors (Lipinski definition) is 0. The number of rotatable bonds is 15. The molecule has 0 unspecified atom stereocenters. The van der Waals surface area contributed by atoms with Crippen LogP contribution in [0.3, 0.4) is 0 Å². The van der Waals surface area contributed by atoms with Crippen molar-refractivity contribution in [1.82, 2.24) is 24.8 Å². The van der Waals surface area contributed by atoms with Crippen molar-refractivity contribution < 1.29 is 23.0 Å². The quantitative estimate of drug-likeness (QED) is 0.168. The van der Waals surface area contributed by atoms with E-state index >= 15 is 4.39 Å². The predicted octanol–water partition coefficient (Wildman–Crippen LogP) is 8.01. The third-order valence-corrected chi connectivity index (χ3v) is 26.6. The minimum atomic E-state index is -3.30. The van der Waals surface area contributed by atoms with E-state index in [0.717, 1.165) is 71.2 Å². The maximum atomic E-state index is 17.3. The number of alkyl halides is 1. The van der Waals surface area contributed by atoms with E-state index in [1.807, 2.05) is 45.8 Å². The van der Waals surface area contributed by atoms with Crippen LogP contribution in [0.1, 0.15) is 113 Å². The summed E-state index contributed by atoms with van der Waals surface area (Å²) in [5.41, 5.74) is -0.719. The zero-order valence-corrected chi connectivity index (χ0v) is 34.8. The number of nitrogens with zero attached hydrogens (tertiary/aromatic N) is 6. The van der Waals surface area contributed by atoms with Gasteiger partial charge in [0.2, 0.25) is 0 Å². The number of likely N-dealkylation sites (N-methyl/N-ethyl adjacent to an activating group) is 1. The molecule has 0 aliphatic carbocycles. The maximum absolute atomic E-state index is 17.3. The van der Waals surface area contributed by atoms with Crippen molar-refractivity contribution in [2.24, 2.45) is 0 Å². The number of aromatic nitrogens is 3. The molecule has 0 radical (unpaired) electrons. The number of pyridine rings is 1. The molecule has 3 fully saturated rings. The molecule has 12 heteroatoms. The molecule has 0 saturated carbocycles. The van der Waals surface area contributed by atoms with Crippen molar-refractivity contribution in [3.05, 3.63) is 12.0 Å². The molecule has 2 aromatic heterocycles. The Morgan fingerprint density at radius 1 is 1.08 bits per heavy atom. The van der Waals surface area contributed by atoms with E-state index in [0.29, 0.717) is 40.8 Å². The van der Waals surface area contributed by atoms with Gasteiger partial charge in [-0.3, -0.25) is 0 Å². The Balaban J connectivity index is 1.57. The van der Waals surface area contributed by atoms with E-state index in [2.05, 4.69) is 25.7 Å². The number of anilines is 1. The molecule has 9 nitrogen and oxygen atoms in total. The molecule has 2 aromatic rings. The van der Waals surface area contributed by atoms with Crippen molar-refractivity contribution in [2.45, 2.75) is 155 Å². The van der Waals surface area contributed by atoms with Crippen molar-refractivity contribution in [2.75, 3.05) is 38.2 Å². The molecule has 0 bridgehead atoms. The fourth-order valence-electron chi connectivity index (χ4n) is 8.68. The summed E-state index contributed by atoms with van der Waals surface area (Å²) in [6.45, 7) is 16.3. The Hall–Kier alpha value is -2.02. The van der Waals surface area contributed by atoms with Gasteiger partial charge in [-0.05, 0) is 20.8 Å². The fraction of sp³-hybridized carbons (Fsp3) is 0.789. The normalized spacial score (nSPS) is 24.3. The number of carbonyl (C=O) groups is 1. The van der Waals surface area contributed by atoms with Crippen molar-refractivity contribution in [1.29, 1.82) is 0 Å². The predicted molar refractivity (Wildman–Crippen MR) is 200 cm³/mol. The standard InChI is InChI=1S/C26H35F2N6O3.3C4H9.Sn/c1-16-9-18(14-34(16)24(35)37-25(2,3)4)32(5)22-19-11-29-12-20(28)21(19)30-23(31-22)36-15-26-7-6-8-33(26)13-17(27)10-26;3*1-3-4-2;/h11,16-18H,6-10,13-15H2,1-5H3;3*1,3-4H2,2H3;/t16-,17-,18-,26+;;;;/m1..../s1. The number of carbonyl (C=O) groups excluding carboxylic acids is 1. The molecule has 280 valence electrons. The molecule has 0 spiro atoms. The Morgan fingerprint density at radius 3 is 2.36 bits per heavy atom. The van der Waals surface area contributed by atoms with Crippen LogP contribution in [0.2, 0.25) is 13.3 Å². The van der Waals surface area contributed by atoms with Gasteiger partial charge in [-0.15, -0.1) is 0 Å². The van der Waals surface area contributed by atoms with E-state index in [4.69, 9.17) is 24.4 Å². The van der Waals surface area contributed by atoms with E-state index in [1.54, 1.807) is 4.90 Å². The van der Waals surface area contributed by atoms with Gasteiger partial charge < -0.3 is 0 Å². The molecule has 1 amide bonds. The molecule has 0 N–H and O–H groups in total. The third-order valence-electron chi connectivity index (χ3n) is 11.5. The Kier molecular flexibility index (Phi) is 12.8. The molecule has 3 aliphatic heterocycles. The van der Waals surface area contributed by atoms with E-state index in [-0.39, 0.29) is 47.7 Å². The number of halogens is 2. The molecular weight excluding hydrogens is 745 g/mol. The van der Waals surface area contributed by atoms with Gasteiger partial charge in [-0.1, -0.05) is 0 Å². The van der Waals surface area contributed by atoms with Gasteiger partial charge in [0.1, 0.15) is 0 Å². The second-order valence-electron chi connectivity index (χ2n) is 16.4. The summed E-state index contributed by atoms with van der Waals surface area (Å²) in [4.78, 5) is 33.9. The van der Waals surface area contributed by atoms with Crippen LogP contribution >= 0.6 is 0 Å². The number of fused-ring (bicyclic) bond motifs is 2. The molecule has 3 saturated heterocycles. The van der Waals surface area contributed by atoms with E-state index < -0.39 is 30.1 Å². The number of unbranched alkanes of at least 4 members (excludes halogenated alkanes) is 3. The molecule has 3 aliphatic rings. The zero-order chi connectivity index (χ0) is 36.3. The Bertz CT molecular complexity index is 1450. The topological polar surface area (TPSA) is 83.9 Å². The van der Waals surface area contributed by atoms with Gasteiger partial charge in [0, 0.05) is 0 Å². The van der Waals surface area contributed by atoms with Crippen LogP contribution in [0.4, 0.5) is 19.4 Å². The third kappa shape index (κ3) is 8.44. The molecule has 50 heavy (non-hydrogen) atoms. The number of ether oxygens (including phenoxy) is 2. The Labute approximate surface area is 303 Å². The van der Waals surface area contributed by atoms with Gasteiger partial charge in [0.15, 0.2) is 0 Å². The van der Waals surface area contributed by atoms with Crippen LogP contribution in [0.25, 0.3) is 10.9 Å². The van der Waals surface area contributed by atoms with Crippen molar-refractivity contribution in [3.8, 4) is 6.01 Å². The van der Waals surface area contributed by atoms with Gasteiger partial charge in [-0.2, -0.15) is 0 Å². The van der Waals surface area contributed by atoms with E-state index in [1.165, 1.54) is 0 Å². The zero-order valence-electron chi connectivity index (χ0n) is 32.0. The average Bonchev–Trinajstić information content (AvgIpc) is 3.74. The van der Waals surface area contributed by atoms with E-state index in [9.17, 15) is 9.18 Å². The van der Waals surface area contributed by atoms with Crippen LogP contribution in [-0.2, 0) is 4.74 Å². The first kappa shape index (κ1) is 39.2. The molecule has 5 rings (SSSR count). The summed E-state index contributed by atoms with van der Waals surface area (Å²) in [7, 11) is 1.95. The molecule has 5 heterocycles. The number of amides is 1. The summed E-state index contributed by atoms with van der Waals surface area (Å²) in [6.07, 6.45) is 10.1. The Morgan fingerprint density at radius 2 is 1.74 bits per heavy atom. The first-order valence-corrected chi connectivity index (χ1v) is 26.9. The second-order valence-corrected chi connectivity index (χ2v) is 29.4. The van der Waals surface area contributed by atoms with Crippen molar-refractivity contribution >= 4 is 44.9 Å². The second kappa shape index (κ2) is 16.3. The number of hydrogen-bond acceptors (Lipinski definition) is 8. The van der Waals surface area contributed by atoms with Crippen LogP contribution < -0.4 is 13.3 Å². The van der Waals surface area contributed by atoms with Crippen molar-refractivity contribution in [3.63, 3.8) is 0 Å². The van der Waals surface area contributed by atoms with Gasteiger partial charge in [0.25, 0.3) is 0 Å². The summed E-state index contributed by atoms with van der Waals surface area (Å²) < 4.78 is 48.1. The van der Waals surface area contributed by atoms with Crippen LogP contribution in [0.15, 0.2) is 6.20 Å². The van der Waals surface area contributed by atoms with Gasteiger partial charge in [-0.25, -0.2) is 0 Å². The molecular formula is C38H62F2N6O3Sn. The first-order valence-electron chi connectivity index (χ1n) is 19.4. The monoisotopic (exact) mass is 808 g/mol. The van der Waals surface area contributed by atoms with Crippen LogP contribution in [0.5, 0.6) is 6.01 Å². The summed E-state index contributed by atoms with van der Waals surface area (Å²) in [5.74, 6) is 0.238. The summed E-state index contributed by atoms with van der Waals surface area (Å²) >= 11 is -3.30. The minimum absolute atomic E-state index is 0.0450. The molecule has 0 aromatic carbocycles. The fourth-order valence-corrected chi connectivity index (χ4v) is 24.3. The van der Waals surface area contributed by atoms with Gasteiger partial charge >= 0.3 is 284 Å². The molecule has 4 atom stereocenters. The van der Waals surface area contributed by atoms with Gasteiger partial charge in [0.05, 0.1) is 0 Å². The summed E-state index contributed by atoms with van der Waals surface area (Å²) in [6, 6.07) is -0.0175.